The van der Waals surface area contributed by atoms with Crippen LogP contribution in [-0.2, 0) is 4.74 Å². The van der Waals surface area contributed by atoms with Gasteiger partial charge in [0.05, 0.1) is 30.5 Å². The lowest BCUT2D eigenvalue weighted by Crippen LogP contribution is -2.41. The van der Waals surface area contributed by atoms with Crippen LogP contribution in [0.3, 0.4) is 0 Å². The summed E-state index contributed by atoms with van der Waals surface area (Å²) >= 11 is 0. The zero-order valence-electron chi connectivity index (χ0n) is 9.55. The SMILES string of the molecule is C=C(/N=C\C(=C/C)C(F)(F)F)[C@@H]1COCCN1. The van der Waals surface area contributed by atoms with Gasteiger partial charge in [0, 0.05) is 12.8 Å². The Morgan fingerprint density at radius 1 is 1.53 bits per heavy atom. The molecule has 0 aromatic carbocycles. The van der Waals surface area contributed by atoms with Crippen molar-refractivity contribution in [2.24, 2.45) is 4.99 Å². The molecule has 1 heterocycles. The number of nitrogens with zero attached hydrogens (tertiary/aromatic N) is 1. The molecule has 1 aliphatic rings. The Balaban J connectivity index is 2.60. The van der Waals surface area contributed by atoms with Crippen LogP contribution in [-0.4, -0.2) is 38.2 Å². The molecule has 96 valence electrons. The van der Waals surface area contributed by atoms with Gasteiger partial charge in [-0.05, 0) is 6.92 Å². The first kappa shape index (κ1) is 13.9. The Morgan fingerprint density at radius 2 is 2.24 bits per heavy atom. The Hall–Kier alpha value is -1.14. The van der Waals surface area contributed by atoms with Crippen LogP contribution in [0.4, 0.5) is 13.2 Å². The minimum absolute atomic E-state index is 0.216. The zero-order valence-corrected chi connectivity index (χ0v) is 9.55. The van der Waals surface area contributed by atoms with E-state index < -0.39 is 11.7 Å². The molecule has 1 aliphatic heterocycles. The van der Waals surface area contributed by atoms with Gasteiger partial charge in [-0.2, -0.15) is 13.2 Å². The second-order valence-electron chi connectivity index (χ2n) is 3.57. The average Bonchev–Trinajstić information content (AvgIpc) is 2.29. The van der Waals surface area contributed by atoms with E-state index in [0.29, 0.717) is 25.5 Å². The molecular weight excluding hydrogens is 233 g/mol. The monoisotopic (exact) mass is 248 g/mol. The fourth-order valence-electron chi connectivity index (χ4n) is 1.33. The maximum absolute atomic E-state index is 12.4. The summed E-state index contributed by atoms with van der Waals surface area (Å²) in [6.45, 7) is 6.57. The molecule has 0 aliphatic carbocycles. The van der Waals surface area contributed by atoms with Crippen molar-refractivity contribution in [3.63, 3.8) is 0 Å². The van der Waals surface area contributed by atoms with Gasteiger partial charge in [0.15, 0.2) is 0 Å². The third-order valence-corrected chi connectivity index (χ3v) is 2.33. The summed E-state index contributed by atoms with van der Waals surface area (Å²) in [4.78, 5) is 3.74. The number of halogens is 3. The molecule has 1 fully saturated rings. The first-order chi connectivity index (χ1) is 7.95. The molecule has 1 atom stereocenters. The number of morpholine rings is 1. The van der Waals surface area contributed by atoms with E-state index in [9.17, 15) is 13.2 Å². The van der Waals surface area contributed by atoms with Crippen LogP contribution in [0.15, 0.2) is 28.9 Å². The highest BCUT2D eigenvalue weighted by molar-refractivity contribution is 5.81. The van der Waals surface area contributed by atoms with Gasteiger partial charge in [0.25, 0.3) is 0 Å². The first-order valence-electron chi connectivity index (χ1n) is 5.22. The van der Waals surface area contributed by atoms with Gasteiger partial charge in [0.2, 0.25) is 0 Å². The van der Waals surface area contributed by atoms with Crippen molar-refractivity contribution in [1.29, 1.82) is 0 Å². The van der Waals surface area contributed by atoms with Crippen molar-refractivity contribution in [2.45, 2.75) is 19.1 Å². The van der Waals surface area contributed by atoms with Gasteiger partial charge in [-0.1, -0.05) is 12.7 Å². The lowest BCUT2D eigenvalue weighted by atomic mass is 10.2. The Kier molecular flexibility index (Phi) is 4.89. The van der Waals surface area contributed by atoms with E-state index in [2.05, 4.69) is 16.9 Å². The highest BCUT2D eigenvalue weighted by atomic mass is 19.4. The fourth-order valence-corrected chi connectivity index (χ4v) is 1.33. The molecule has 0 spiro atoms. The van der Waals surface area contributed by atoms with Crippen LogP contribution < -0.4 is 5.32 Å². The van der Waals surface area contributed by atoms with E-state index in [1.807, 2.05) is 0 Å². The molecule has 6 heteroatoms. The molecule has 1 saturated heterocycles. The van der Waals surface area contributed by atoms with Gasteiger partial charge in [-0.3, -0.25) is 4.99 Å². The van der Waals surface area contributed by atoms with E-state index in [0.717, 1.165) is 12.3 Å². The number of aliphatic imine (C=N–C) groups is 1. The highest BCUT2D eigenvalue weighted by Crippen LogP contribution is 2.24. The van der Waals surface area contributed by atoms with Crippen molar-refractivity contribution in [2.75, 3.05) is 19.8 Å². The van der Waals surface area contributed by atoms with Gasteiger partial charge < -0.3 is 10.1 Å². The summed E-state index contributed by atoms with van der Waals surface area (Å²) in [5.74, 6) is 0. The number of hydrogen-bond donors (Lipinski definition) is 1. The minimum Gasteiger partial charge on any atom is -0.378 e. The van der Waals surface area contributed by atoms with Crippen LogP contribution in [0, 0.1) is 0 Å². The van der Waals surface area contributed by atoms with E-state index in [4.69, 9.17) is 4.74 Å². The van der Waals surface area contributed by atoms with E-state index >= 15 is 0 Å². The average molecular weight is 248 g/mol. The summed E-state index contributed by atoms with van der Waals surface area (Å²) in [5, 5.41) is 3.06. The predicted molar refractivity (Wildman–Crippen MR) is 60.1 cm³/mol. The van der Waals surface area contributed by atoms with Crippen LogP contribution in [0.2, 0.25) is 0 Å². The lowest BCUT2D eigenvalue weighted by Gasteiger charge is -2.23. The smallest absolute Gasteiger partial charge is 0.378 e. The van der Waals surface area contributed by atoms with E-state index in [-0.39, 0.29) is 6.04 Å². The number of nitrogens with one attached hydrogen (secondary N) is 1. The summed E-state index contributed by atoms with van der Waals surface area (Å²) in [6.07, 6.45) is -2.62. The normalized spacial score (nSPS) is 23.1. The minimum atomic E-state index is -4.38. The Morgan fingerprint density at radius 3 is 2.71 bits per heavy atom. The van der Waals surface area contributed by atoms with Gasteiger partial charge in [0.1, 0.15) is 0 Å². The van der Waals surface area contributed by atoms with Crippen molar-refractivity contribution in [1.82, 2.24) is 5.32 Å². The zero-order chi connectivity index (χ0) is 12.9. The van der Waals surface area contributed by atoms with Crippen LogP contribution >= 0.6 is 0 Å². The maximum Gasteiger partial charge on any atom is 0.417 e. The second kappa shape index (κ2) is 5.97. The molecule has 0 amide bonds. The standard InChI is InChI=1S/C11H15F3N2O/c1-3-9(11(12,13)14)6-16-8(2)10-7-17-5-4-15-10/h3,6,10,15H,2,4-5,7H2,1H3/b9-3+,16-6-/t10-/m0/s1. The second-order valence-corrected chi connectivity index (χ2v) is 3.57. The number of hydrogen-bond acceptors (Lipinski definition) is 3. The molecule has 0 unspecified atom stereocenters. The molecular formula is C11H15F3N2O. The van der Waals surface area contributed by atoms with Gasteiger partial charge in [-0.15, -0.1) is 0 Å². The number of allylic oxidation sites excluding steroid dienone is 2. The van der Waals surface area contributed by atoms with E-state index in [1.165, 1.54) is 6.92 Å². The van der Waals surface area contributed by atoms with Crippen LogP contribution in [0.5, 0.6) is 0 Å². The summed E-state index contributed by atoms with van der Waals surface area (Å²) in [7, 11) is 0. The molecule has 1 rings (SSSR count). The maximum atomic E-state index is 12.4. The van der Waals surface area contributed by atoms with Gasteiger partial charge >= 0.3 is 6.18 Å². The number of rotatable bonds is 3. The fraction of sp³-hybridized carbons (Fsp3) is 0.545. The summed E-state index contributed by atoms with van der Waals surface area (Å²) < 4.78 is 42.3. The van der Waals surface area contributed by atoms with Crippen LogP contribution in [0.1, 0.15) is 6.92 Å². The van der Waals surface area contributed by atoms with Crippen molar-refractivity contribution < 1.29 is 17.9 Å². The van der Waals surface area contributed by atoms with Crippen LogP contribution in [0.25, 0.3) is 0 Å². The molecule has 0 radical (unpaired) electrons. The third kappa shape index (κ3) is 4.32. The predicted octanol–water partition coefficient (Wildman–Crippen LogP) is 2.07. The van der Waals surface area contributed by atoms with Crippen molar-refractivity contribution >= 4 is 6.21 Å². The molecule has 1 N–H and O–H groups in total. The molecule has 0 bridgehead atoms. The molecule has 0 aromatic rings. The lowest BCUT2D eigenvalue weighted by molar-refractivity contribution is -0.0857. The third-order valence-electron chi connectivity index (χ3n) is 2.33. The molecule has 3 nitrogen and oxygen atoms in total. The summed E-state index contributed by atoms with van der Waals surface area (Å²) in [5.41, 5.74) is -0.441. The quantitative estimate of drug-likeness (QED) is 0.776. The summed E-state index contributed by atoms with van der Waals surface area (Å²) in [6, 6.07) is -0.216. The highest BCUT2D eigenvalue weighted by Gasteiger charge is 2.31. The Bertz CT molecular complexity index is 328. The first-order valence-corrected chi connectivity index (χ1v) is 5.22. The van der Waals surface area contributed by atoms with E-state index in [1.54, 1.807) is 0 Å². The largest absolute Gasteiger partial charge is 0.417 e. The van der Waals surface area contributed by atoms with Crippen molar-refractivity contribution in [3.8, 4) is 0 Å². The molecule has 0 saturated carbocycles. The number of ether oxygens (including phenoxy) is 1. The molecule has 0 aromatic heterocycles. The molecule has 17 heavy (non-hydrogen) atoms. The number of alkyl halides is 3. The Labute approximate surface area is 98.1 Å². The topological polar surface area (TPSA) is 33.6 Å². The van der Waals surface area contributed by atoms with Gasteiger partial charge in [-0.25, -0.2) is 0 Å². The van der Waals surface area contributed by atoms with Crippen molar-refractivity contribution in [3.05, 3.63) is 23.9 Å².